The van der Waals surface area contributed by atoms with E-state index in [0.717, 1.165) is 12.8 Å². The van der Waals surface area contributed by atoms with Crippen LogP contribution in [0.15, 0.2) is 52.4 Å². The Hall–Kier alpha value is -2.71. The van der Waals surface area contributed by atoms with Crippen LogP contribution in [0.4, 0.5) is 0 Å². The molecule has 0 aliphatic carbocycles. The van der Waals surface area contributed by atoms with Crippen molar-refractivity contribution in [1.29, 1.82) is 0 Å². The quantitative estimate of drug-likeness (QED) is 0.629. The number of aromatic nitrogens is 3. The summed E-state index contributed by atoms with van der Waals surface area (Å²) in [4.78, 5) is 39.2. The zero-order chi connectivity index (χ0) is 20.2. The number of hydrogen-bond acceptors (Lipinski definition) is 6. The van der Waals surface area contributed by atoms with Crippen LogP contribution in [0.3, 0.4) is 0 Å². The molecule has 0 saturated carbocycles. The van der Waals surface area contributed by atoms with E-state index in [2.05, 4.69) is 15.0 Å². The van der Waals surface area contributed by atoms with Crippen molar-refractivity contribution in [2.45, 2.75) is 30.5 Å². The number of ether oxygens (including phenoxy) is 1. The lowest BCUT2D eigenvalue weighted by Gasteiger charge is -2.25. The molecule has 0 bridgehead atoms. The summed E-state index contributed by atoms with van der Waals surface area (Å²) >= 11 is 1.43. The number of fused-ring (bicyclic) bond motifs is 1. The summed E-state index contributed by atoms with van der Waals surface area (Å²) in [6.07, 6.45) is 5.45. The Bertz CT molecular complexity index is 1080. The number of nitrogens with zero attached hydrogens (tertiary/aromatic N) is 3. The second-order valence-corrected chi connectivity index (χ2v) is 7.71. The van der Waals surface area contributed by atoms with Crippen LogP contribution in [0.2, 0.25) is 0 Å². The van der Waals surface area contributed by atoms with Gasteiger partial charge < -0.3 is 14.6 Å². The molecular formula is C21H22N4O3S. The number of thioether (sulfide) groups is 1. The molecule has 29 heavy (non-hydrogen) atoms. The smallest absolute Gasteiger partial charge is 0.258 e. The van der Waals surface area contributed by atoms with Crippen LogP contribution < -0.4 is 5.56 Å². The van der Waals surface area contributed by atoms with Crippen molar-refractivity contribution in [2.24, 2.45) is 0 Å². The molecule has 1 aliphatic heterocycles. The van der Waals surface area contributed by atoms with E-state index in [-0.39, 0.29) is 24.1 Å². The minimum atomic E-state index is -0.207. The van der Waals surface area contributed by atoms with Gasteiger partial charge >= 0.3 is 0 Å². The number of carbonyl (C=O) groups is 1. The van der Waals surface area contributed by atoms with Crippen LogP contribution in [-0.2, 0) is 11.3 Å². The molecule has 150 valence electrons. The van der Waals surface area contributed by atoms with Crippen LogP contribution >= 0.6 is 11.8 Å². The normalized spacial score (nSPS) is 16.2. The third-order valence-corrected chi connectivity index (χ3v) is 5.64. The van der Waals surface area contributed by atoms with E-state index >= 15 is 0 Å². The Balaban J connectivity index is 1.67. The van der Waals surface area contributed by atoms with Gasteiger partial charge in [0.2, 0.25) is 0 Å². The first kappa shape index (κ1) is 19.6. The van der Waals surface area contributed by atoms with E-state index in [0.29, 0.717) is 40.5 Å². The lowest BCUT2D eigenvalue weighted by atomic mass is 10.2. The van der Waals surface area contributed by atoms with Crippen molar-refractivity contribution >= 4 is 28.6 Å². The number of nitrogens with one attached hydrogen (secondary N) is 1. The molecule has 7 nitrogen and oxygen atoms in total. The van der Waals surface area contributed by atoms with E-state index < -0.39 is 0 Å². The molecule has 4 rings (SSSR count). The van der Waals surface area contributed by atoms with Gasteiger partial charge in [0.25, 0.3) is 11.5 Å². The molecule has 3 heterocycles. The fraction of sp³-hybridized carbons (Fsp3) is 0.333. The van der Waals surface area contributed by atoms with Gasteiger partial charge in [0, 0.05) is 19.3 Å². The average Bonchev–Trinajstić information content (AvgIpc) is 3.26. The van der Waals surface area contributed by atoms with Crippen molar-refractivity contribution < 1.29 is 9.53 Å². The monoisotopic (exact) mass is 410 g/mol. The molecule has 0 radical (unpaired) electrons. The molecule has 1 fully saturated rings. The molecule has 2 aromatic heterocycles. The molecule has 1 aromatic carbocycles. The number of para-hydroxylation sites is 1. The van der Waals surface area contributed by atoms with Crippen molar-refractivity contribution in [2.75, 3.05) is 19.4 Å². The SMILES string of the molecule is CSc1ncccc1C(=O)N(Cc1nc2ccccc2c(=O)[nH]1)CC1CCCO1. The summed E-state index contributed by atoms with van der Waals surface area (Å²) in [5.74, 6) is 0.309. The number of H-pyrrole nitrogens is 1. The number of hydrogen-bond donors (Lipinski definition) is 1. The number of amides is 1. The van der Waals surface area contributed by atoms with Gasteiger partial charge in [-0.25, -0.2) is 9.97 Å². The van der Waals surface area contributed by atoms with Gasteiger partial charge in [-0.1, -0.05) is 12.1 Å². The Labute approximate surface area is 172 Å². The van der Waals surface area contributed by atoms with Gasteiger partial charge in [-0.05, 0) is 43.4 Å². The molecule has 1 saturated heterocycles. The Morgan fingerprint density at radius 1 is 1.31 bits per heavy atom. The lowest BCUT2D eigenvalue weighted by molar-refractivity contribution is 0.0498. The Morgan fingerprint density at radius 2 is 2.17 bits per heavy atom. The highest BCUT2D eigenvalue weighted by molar-refractivity contribution is 7.98. The van der Waals surface area contributed by atoms with E-state index in [1.807, 2.05) is 12.3 Å². The van der Waals surface area contributed by atoms with Crippen LogP contribution in [0.5, 0.6) is 0 Å². The van der Waals surface area contributed by atoms with Crippen LogP contribution in [0.1, 0.15) is 29.0 Å². The predicted molar refractivity (Wildman–Crippen MR) is 112 cm³/mol. The molecule has 1 atom stereocenters. The summed E-state index contributed by atoms with van der Waals surface area (Å²) in [6, 6.07) is 10.7. The number of pyridine rings is 1. The van der Waals surface area contributed by atoms with Crippen LogP contribution in [-0.4, -0.2) is 51.3 Å². The lowest BCUT2D eigenvalue weighted by Crippen LogP contribution is -2.38. The Morgan fingerprint density at radius 3 is 2.97 bits per heavy atom. The third kappa shape index (κ3) is 4.33. The maximum absolute atomic E-state index is 13.4. The molecule has 3 aromatic rings. The number of aromatic amines is 1. The number of benzene rings is 1. The molecule has 0 spiro atoms. The van der Waals surface area contributed by atoms with Crippen molar-refractivity contribution in [3.05, 3.63) is 64.3 Å². The molecule has 1 unspecified atom stereocenters. The van der Waals surface area contributed by atoms with Gasteiger partial charge in [-0.3, -0.25) is 9.59 Å². The second-order valence-electron chi connectivity index (χ2n) is 6.91. The average molecular weight is 410 g/mol. The molecule has 1 aliphatic rings. The predicted octanol–water partition coefficient (Wildman–Crippen LogP) is 2.86. The molecule has 1 N–H and O–H groups in total. The summed E-state index contributed by atoms with van der Waals surface area (Å²) in [6.45, 7) is 1.35. The highest BCUT2D eigenvalue weighted by atomic mass is 32.2. The zero-order valence-electron chi connectivity index (χ0n) is 16.1. The zero-order valence-corrected chi connectivity index (χ0v) is 16.9. The summed E-state index contributed by atoms with van der Waals surface area (Å²) in [5.41, 5.74) is 0.948. The Kier molecular flexibility index (Phi) is 5.92. The van der Waals surface area contributed by atoms with E-state index in [4.69, 9.17) is 4.74 Å². The number of carbonyl (C=O) groups excluding carboxylic acids is 1. The van der Waals surface area contributed by atoms with Crippen LogP contribution in [0, 0.1) is 0 Å². The fourth-order valence-corrected chi connectivity index (χ4v) is 4.07. The fourth-order valence-electron chi connectivity index (χ4n) is 3.53. The molecule has 8 heteroatoms. The van der Waals surface area contributed by atoms with E-state index in [1.165, 1.54) is 11.8 Å². The standard InChI is InChI=1S/C21H22N4O3S/c1-29-20-16(8-4-10-22-20)21(27)25(12-14-6-5-11-28-14)13-18-23-17-9-3-2-7-15(17)19(26)24-18/h2-4,7-10,14H,5-6,11-13H2,1H3,(H,23,24,26). The van der Waals surface area contributed by atoms with Gasteiger partial charge in [-0.2, -0.15) is 0 Å². The van der Waals surface area contributed by atoms with Gasteiger partial charge in [0.05, 0.1) is 29.1 Å². The van der Waals surface area contributed by atoms with Gasteiger partial charge in [-0.15, -0.1) is 11.8 Å². The van der Waals surface area contributed by atoms with Gasteiger partial charge in [0.15, 0.2) is 0 Å². The van der Waals surface area contributed by atoms with Crippen molar-refractivity contribution in [3.63, 3.8) is 0 Å². The highest BCUT2D eigenvalue weighted by Gasteiger charge is 2.26. The maximum atomic E-state index is 13.4. The summed E-state index contributed by atoms with van der Waals surface area (Å²) in [5, 5.41) is 1.21. The largest absolute Gasteiger partial charge is 0.376 e. The first-order valence-corrected chi connectivity index (χ1v) is 10.8. The topological polar surface area (TPSA) is 88.2 Å². The summed E-state index contributed by atoms with van der Waals surface area (Å²) < 4.78 is 5.75. The van der Waals surface area contributed by atoms with Crippen molar-refractivity contribution in [3.8, 4) is 0 Å². The van der Waals surface area contributed by atoms with E-state index in [9.17, 15) is 9.59 Å². The van der Waals surface area contributed by atoms with Gasteiger partial charge in [0.1, 0.15) is 10.9 Å². The highest BCUT2D eigenvalue weighted by Crippen LogP contribution is 2.21. The molecular weight excluding hydrogens is 388 g/mol. The minimum Gasteiger partial charge on any atom is -0.376 e. The van der Waals surface area contributed by atoms with Crippen LogP contribution in [0.25, 0.3) is 10.9 Å². The van der Waals surface area contributed by atoms with Crippen molar-refractivity contribution in [1.82, 2.24) is 19.9 Å². The minimum absolute atomic E-state index is 0.0134. The third-order valence-electron chi connectivity index (χ3n) is 4.93. The first-order chi connectivity index (χ1) is 14.2. The second kappa shape index (κ2) is 8.75. The van der Waals surface area contributed by atoms with E-state index in [1.54, 1.807) is 41.4 Å². The molecule has 1 amide bonds. The first-order valence-electron chi connectivity index (χ1n) is 9.53. The maximum Gasteiger partial charge on any atom is 0.258 e. The number of rotatable bonds is 6. The summed E-state index contributed by atoms with van der Waals surface area (Å²) in [7, 11) is 0.